The van der Waals surface area contributed by atoms with Crippen molar-refractivity contribution in [3.05, 3.63) is 5.28 Å². The molecule has 1 rings (SSSR count). The van der Waals surface area contributed by atoms with Gasteiger partial charge >= 0.3 is 6.01 Å². The average molecular weight is 247 g/mol. The molecule has 0 amide bonds. The first-order valence-electron chi connectivity index (χ1n) is 5.12. The molecule has 0 aliphatic rings. The lowest BCUT2D eigenvalue weighted by atomic mass is 10.7. The monoisotopic (exact) mass is 246 g/mol. The second-order valence-electron chi connectivity index (χ2n) is 2.79. The van der Waals surface area contributed by atoms with Crippen molar-refractivity contribution >= 4 is 17.5 Å². The summed E-state index contributed by atoms with van der Waals surface area (Å²) in [4.78, 5) is 11.8. The Kier molecular flexibility index (Phi) is 5.81. The molecule has 0 saturated carbocycles. The van der Waals surface area contributed by atoms with Crippen molar-refractivity contribution in [2.45, 2.75) is 13.8 Å². The van der Waals surface area contributed by atoms with Gasteiger partial charge in [0.25, 0.3) is 0 Å². The molecular formula is C9H15ClN4O2. The summed E-state index contributed by atoms with van der Waals surface area (Å²) in [5, 5.41) is 3.04. The number of hydrogen-bond donors (Lipinski definition) is 1. The molecular weight excluding hydrogens is 232 g/mol. The number of nitrogens with zero attached hydrogens (tertiary/aromatic N) is 3. The third-order valence-corrected chi connectivity index (χ3v) is 1.75. The number of halogens is 1. The molecule has 6 nitrogen and oxygen atoms in total. The van der Waals surface area contributed by atoms with E-state index in [4.69, 9.17) is 21.1 Å². The molecule has 90 valence electrons. The minimum absolute atomic E-state index is 0.109. The molecule has 1 aromatic heterocycles. The van der Waals surface area contributed by atoms with Crippen LogP contribution in [-0.2, 0) is 4.74 Å². The molecule has 0 atom stereocenters. The number of rotatable bonds is 7. The molecule has 0 fully saturated rings. The fourth-order valence-corrected chi connectivity index (χ4v) is 1.12. The number of aromatic nitrogens is 3. The Hall–Kier alpha value is -1.14. The summed E-state index contributed by atoms with van der Waals surface area (Å²) in [5.74, 6) is 0.411. The first kappa shape index (κ1) is 12.9. The van der Waals surface area contributed by atoms with E-state index < -0.39 is 0 Å². The summed E-state index contributed by atoms with van der Waals surface area (Å²) < 4.78 is 10.4. The Morgan fingerprint density at radius 2 is 2.00 bits per heavy atom. The van der Waals surface area contributed by atoms with Gasteiger partial charge in [-0.3, -0.25) is 0 Å². The molecule has 1 aromatic rings. The van der Waals surface area contributed by atoms with Crippen molar-refractivity contribution in [3.8, 4) is 6.01 Å². The normalized spacial score (nSPS) is 10.2. The lowest BCUT2D eigenvalue weighted by Gasteiger charge is -2.06. The maximum atomic E-state index is 5.71. The summed E-state index contributed by atoms with van der Waals surface area (Å²) in [6.07, 6.45) is 0. The Morgan fingerprint density at radius 1 is 1.19 bits per heavy atom. The average Bonchev–Trinajstić information content (AvgIpc) is 2.24. The van der Waals surface area contributed by atoms with E-state index in [9.17, 15) is 0 Å². The highest BCUT2D eigenvalue weighted by atomic mass is 35.5. The van der Waals surface area contributed by atoms with Gasteiger partial charge in [-0.1, -0.05) is 0 Å². The molecule has 1 heterocycles. The van der Waals surface area contributed by atoms with Crippen molar-refractivity contribution in [1.29, 1.82) is 0 Å². The van der Waals surface area contributed by atoms with Crippen molar-refractivity contribution < 1.29 is 9.47 Å². The van der Waals surface area contributed by atoms with Crippen LogP contribution in [0.15, 0.2) is 0 Å². The number of ether oxygens (including phenoxy) is 2. The summed E-state index contributed by atoms with van der Waals surface area (Å²) in [7, 11) is 0. The van der Waals surface area contributed by atoms with E-state index in [2.05, 4.69) is 20.3 Å². The van der Waals surface area contributed by atoms with Gasteiger partial charge in [-0.15, -0.1) is 0 Å². The zero-order chi connectivity index (χ0) is 11.8. The largest absolute Gasteiger partial charge is 0.461 e. The molecule has 0 unspecified atom stereocenters. The van der Waals surface area contributed by atoms with Crippen LogP contribution >= 0.6 is 11.6 Å². The highest BCUT2D eigenvalue weighted by molar-refractivity contribution is 6.28. The molecule has 0 radical (unpaired) electrons. The Balaban J connectivity index is 2.51. The van der Waals surface area contributed by atoms with Gasteiger partial charge in [0.1, 0.15) is 6.61 Å². The van der Waals surface area contributed by atoms with E-state index in [0.29, 0.717) is 32.3 Å². The molecule has 0 bridgehead atoms. The van der Waals surface area contributed by atoms with Crippen LogP contribution in [0.1, 0.15) is 13.8 Å². The lowest BCUT2D eigenvalue weighted by molar-refractivity contribution is 0.106. The summed E-state index contributed by atoms with van der Waals surface area (Å²) >= 11 is 5.71. The zero-order valence-electron chi connectivity index (χ0n) is 9.36. The predicted octanol–water partition coefficient (Wildman–Crippen LogP) is 1.37. The number of anilines is 1. The van der Waals surface area contributed by atoms with Crippen LogP contribution < -0.4 is 10.1 Å². The summed E-state index contributed by atoms with van der Waals surface area (Å²) in [6, 6.07) is 0.204. The van der Waals surface area contributed by atoms with Gasteiger partial charge in [0.15, 0.2) is 0 Å². The second kappa shape index (κ2) is 7.19. The minimum atomic E-state index is 0.109. The molecule has 0 aromatic carbocycles. The van der Waals surface area contributed by atoms with E-state index in [1.165, 1.54) is 0 Å². The molecule has 0 saturated heterocycles. The Bertz CT molecular complexity index is 324. The van der Waals surface area contributed by atoms with E-state index in [1.54, 1.807) is 0 Å². The van der Waals surface area contributed by atoms with Gasteiger partial charge in [-0.25, -0.2) is 0 Å². The Morgan fingerprint density at radius 3 is 2.69 bits per heavy atom. The van der Waals surface area contributed by atoms with Gasteiger partial charge in [-0.2, -0.15) is 15.0 Å². The molecule has 1 N–H and O–H groups in total. The van der Waals surface area contributed by atoms with Crippen molar-refractivity contribution in [3.63, 3.8) is 0 Å². The van der Waals surface area contributed by atoms with Crippen LogP contribution in [0.3, 0.4) is 0 Å². The molecule has 7 heteroatoms. The van der Waals surface area contributed by atoms with Gasteiger partial charge in [0.05, 0.1) is 6.61 Å². The topological polar surface area (TPSA) is 69.2 Å². The standard InChI is InChI=1S/C9H15ClN4O2/c1-3-11-8-12-7(10)13-9(14-8)16-6-5-15-4-2/h3-6H2,1-2H3,(H,11,12,13,14). The van der Waals surface area contributed by atoms with Crippen molar-refractivity contribution in [2.75, 3.05) is 31.7 Å². The van der Waals surface area contributed by atoms with E-state index in [0.717, 1.165) is 0 Å². The third kappa shape index (κ3) is 4.59. The number of hydrogen-bond acceptors (Lipinski definition) is 6. The quantitative estimate of drug-likeness (QED) is 0.733. The first-order valence-corrected chi connectivity index (χ1v) is 5.50. The van der Waals surface area contributed by atoms with Gasteiger partial charge in [0.2, 0.25) is 11.2 Å². The fraction of sp³-hybridized carbons (Fsp3) is 0.667. The summed E-state index contributed by atoms with van der Waals surface area (Å²) in [6.45, 7) is 6.11. The molecule has 0 aliphatic heterocycles. The third-order valence-electron chi connectivity index (χ3n) is 1.59. The van der Waals surface area contributed by atoms with Gasteiger partial charge in [-0.05, 0) is 25.4 Å². The van der Waals surface area contributed by atoms with Gasteiger partial charge < -0.3 is 14.8 Å². The van der Waals surface area contributed by atoms with E-state index in [1.807, 2.05) is 13.8 Å². The van der Waals surface area contributed by atoms with Crippen LogP contribution in [0, 0.1) is 0 Å². The second-order valence-corrected chi connectivity index (χ2v) is 3.12. The maximum Gasteiger partial charge on any atom is 0.322 e. The fourth-order valence-electron chi connectivity index (χ4n) is 0.970. The lowest BCUT2D eigenvalue weighted by Crippen LogP contribution is -2.10. The van der Waals surface area contributed by atoms with Crippen LogP contribution in [0.2, 0.25) is 5.28 Å². The van der Waals surface area contributed by atoms with Crippen LogP contribution in [0.5, 0.6) is 6.01 Å². The SMILES string of the molecule is CCNc1nc(Cl)nc(OCCOCC)n1. The molecule has 0 spiro atoms. The van der Waals surface area contributed by atoms with Crippen LogP contribution in [-0.4, -0.2) is 41.3 Å². The van der Waals surface area contributed by atoms with Crippen LogP contribution in [0.4, 0.5) is 5.95 Å². The van der Waals surface area contributed by atoms with Crippen LogP contribution in [0.25, 0.3) is 0 Å². The first-order chi connectivity index (χ1) is 7.76. The highest BCUT2D eigenvalue weighted by Crippen LogP contribution is 2.10. The van der Waals surface area contributed by atoms with E-state index >= 15 is 0 Å². The predicted molar refractivity (Wildman–Crippen MR) is 61.0 cm³/mol. The number of nitrogens with one attached hydrogen (secondary N) is 1. The molecule has 16 heavy (non-hydrogen) atoms. The van der Waals surface area contributed by atoms with Crippen molar-refractivity contribution in [2.24, 2.45) is 0 Å². The zero-order valence-corrected chi connectivity index (χ0v) is 10.1. The smallest absolute Gasteiger partial charge is 0.322 e. The maximum absolute atomic E-state index is 5.71. The van der Waals surface area contributed by atoms with Crippen molar-refractivity contribution in [1.82, 2.24) is 15.0 Å². The summed E-state index contributed by atoms with van der Waals surface area (Å²) in [5.41, 5.74) is 0. The highest BCUT2D eigenvalue weighted by Gasteiger charge is 2.04. The van der Waals surface area contributed by atoms with E-state index in [-0.39, 0.29) is 11.3 Å². The minimum Gasteiger partial charge on any atom is -0.461 e. The molecule has 0 aliphatic carbocycles. The Labute approximate surface area is 99.4 Å². The van der Waals surface area contributed by atoms with Gasteiger partial charge in [0, 0.05) is 13.2 Å².